The maximum Gasteiger partial charge on any atom is 0.0719 e. The van der Waals surface area contributed by atoms with E-state index in [-0.39, 0.29) is 6.10 Å². The molecule has 4 nitrogen and oxygen atoms in total. The summed E-state index contributed by atoms with van der Waals surface area (Å²) in [6.07, 6.45) is 3.62. The second-order valence-electron chi connectivity index (χ2n) is 3.79. The van der Waals surface area contributed by atoms with Crippen molar-refractivity contribution in [1.82, 2.24) is 4.98 Å². The third kappa shape index (κ3) is 6.36. The molecule has 0 amide bonds. The number of pyridine rings is 1. The van der Waals surface area contributed by atoms with Gasteiger partial charge in [-0.15, -0.1) is 0 Å². The molecule has 96 valence electrons. The number of rotatable bonds is 9. The minimum Gasteiger partial charge on any atom is -0.381 e. The summed E-state index contributed by atoms with van der Waals surface area (Å²) >= 11 is 0. The highest BCUT2D eigenvalue weighted by atomic mass is 16.5. The van der Waals surface area contributed by atoms with Gasteiger partial charge in [0.2, 0.25) is 0 Å². The standard InChI is InChI=1S/C13H22N2O2/c1-2-17-13(11-14)7-10-16-9-6-12-5-3-4-8-15-12/h3-5,8,13H,2,6-7,9-11,14H2,1H3. The van der Waals surface area contributed by atoms with Crippen LogP contribution in [0.25, 0.3) is 0 Å². The van der Waals surface area contributed by atoms with Crippen LogP contribution >= 0.6 is 0 Å². The van der Waals surface area contributed by atoms with Gasteiger partial charge >= 0.3 is 0 Å². The second-order valence-corrected chi connectivity index (χ2v) is 3.79. The highest BCUT2D eigenvalue weighted by molar-refractivity contribution is 5.03. The molecule has 0 aliphatic carbocycles. The first kappa shape index (κ1) is 14.1. The van der Waals surface area contributed by atoms with Crippen molar-refractivity contribution in [2.45, 2.75) is 25.9 Å². The van der Waals surface area contributed by atoms with Crippen LogP contribution in [0.4, 0.5) is 0 Å². The predicted molar refractivity (Wildman–Crippen MR) is 67.8 cm³/mol. The second kappa shape index (κ2) is 9.10. The molecule has 0 aliphatic rings. The number of nitrogens with two attached hydrogens (primary N) is 1. The van der Waals surface area contributed by atoms with Crippen LogP contribution in [-0.2, 0) is 15.9 Å². The smallest absolute Gasteiger partial charge is 0.0719 e. The van der Waals surface area contributed by atoms with E-state index in [1.807, 2.05) is 25.1 Å². The SMILES string of the molecule is CCOC(CN)CCOCCc1ccccn1. The quantitative estimate of drug-likeness (QED) is 0.661. The predicted octanol–water partition coefficient (Wildman–Crippen LogP) is 1.39. The van der Waals surface area contributed by atoms with Crippen LogP contribution in [0.2, 0.25) is 0 Å². The highest BCUT2D eigenvalue weighted by Gasteiger charge is 2.05. The van der Waals surface area contributed by atoms with E-state index in [2.05, 4.69) is 4.98 Å². The molecular formula is C13H22N2O2. The van der Waals surface area contributed by atoms with Crippen LogP contribution in [0.5, 0.6) is 0 Å². The molecule has 2 N–H and O–H groups in total. The summed E-state index contributed by atoms with van der Waals surface area (Å²) < 4.78 is 11.0. The summed E-state index contributed by atoms with van der Waals surface area (Å²) in [6, 6.07) is 5.91. The minimum absolute atomic E-state index is 0.120. The third-order valence-corrected chi connectivity index (χ3v) is 2.48. The van der Waals surface area contributed by atoms with Gasteiger partial charge in [0.25, 0.3) is 0 Å². The van der Waals surface area contributed by atoms with Gasteiger partial charge in [0.1, 0.15) is 0 Å². The molecule has 0 radical (unpaired) electrons. The summed E-state index contributed by atoms with van der Waals surface area (Å²) in [7, 11) is 0. The van der Waals surface area contributed by atoms with Crippen molar-refractivity contribution < 1.29 is 9.47 Å². The lowest BCUT2D eigenvalue weighted by Crippen LogP contribution is -2.25. The lowest BCUT2D eigenvalue weighted by Gasteiger charge is -2.14. The van der Waals surface area contributed by atoms with Crippen LogP contribution in [0, 0.1) is 0 Å². The number of aromatic nitrogens is 1. The van der Waals surface area contributed by atoms with Crippen molar-refractivity contribution in [3.8, 4) is 0 Å². The topological polar surface area (TPSA) is 57.4 Å². The Morgan fingerprint density at radius 2 is 2.24 bits per heavy atom. The summed E-state index contributed by atoms with van der Waals surface area (Å²) in [5.41, 5.74) is 6.64. The maximum atomic E-state index is 5.57. The van der Waals surface area contributed by atoms with E-state index >= 15 is 0 Å². The molecule has 0 aliphatic heterocycles. The Balaban J connectivity index is 2.04. The Morgan fingerprint density at radius 3 is 2.88 bits per heavy atom. The number of nitrogens with zero attached hydrogens (tertiary/aromatic N) is 1. The Hall–Kier alpha value is -0.970. The zero-order valence-electron chi connectivity index (χ0n) is 10.5. The van der Waals surface area contributed by atoms with E-state index in [0.29, 0.717) is 26.4 Å². The van der Waals surface area contributed by atoms with Crippen LogP contribution in [0.3, 0.4) is 0 Å². The Labute approximate surface area is 103 Å². The zero-order valence-corrected chi connectivity index (χ0v) is 10.5. The average molecular weight is 238 g/mol. The van der Waals surface area contributed by atoms with Crippen molar-refractivity contribution in [2.75, 3.05) is 26.4 Å². The van der Waals surface area contributed by atoms with Crippen LogP contribution in [-0.4, -0.2) is 37.5 Å². The minimum atomic E-state index is 0.120. The first-order valence-corrected chi connectivity index (χ1v) is 6.16. The monoisotopic (exact) mass is 238 g/mol. The molecule has 0 saturated carbocycles. The van der Waals surface area contributed by atoms with E-state index in [1.54, 1.807) is 6.20 Å². The lowest BCUT2D eigenvalue weighted by atomic mass is 10.2. The molecule has 1 unspecified atom stereocenters. The molecular weight excluding hydrogens is 216 g/mol. The molecule has 0 aromatic carbocycles. The van der Waals surface area contributed by atoms with Gasteiger partial charge in [-0.3, -0.25) is 4.98 Å². The fraction of sp³-hybridized carbons (Fsp3) is 0.615. The summed E-state index contributed by atoms with van der Waals surface area (Å²) in [5.74, 6) is 0. The Morgan fingerprint density at radius 1 is 1.35 bits per heavy atom. The number of hydrogen-bond donors (Lipinski definition) is 1. The summed E-state index contributed by atoms with van der Waals surface area (Å²) in [4.78, 5) is 4.23. The summed E-state index contributed by atoms with van der Waals surface area (Å²) in [6.45, 7) is 4.62. The highest BCUT2D eigenvalue weighted by Crippen LogP contribution is 1.99. The van der Waals surface area contributed by atoms with Crippen molar-refractivity contribution in [2.24, 2.45) is 5.73 Å². The molecule has 1 aromatic heterocycles. The average Bonchev–Trinajstić information content (AvgIpc) is 2.38. The van der Waals surface area contributed by atoms with E-state index in [0.717, 1.165) is 18.5 Å². The van der Waals surface area contributed by atoms with Gasteiger partial charge in [0, 0.05) is 38.1 Å². The molecule has 1 rings (SSSR count). The molecule has 1 heterocycles. The maximum absolute atomic E-state index is 5.57. The van der Waals surface area contributed by atoms with E-state index in [9.17, 15) is 0 Å². The Kier molecular flexibility index (Phi) is 7.54. The van der Waals surface area contributed by atoms with Crippen LogP contribution < -0.4 is 5.73 Å². The van der Waals surface area contributed by atoms with Gasteiger partial charge in [0.15, 0.2) is 0 Å². The molecule has 0 saturated heterocycles. The number of hydrogen-bond acceptors (Lipinski definition) is 4. The molecule has 4 heteroatoms. The first-order valence-electron chi connectivity index (χ1n) is 6.16. The molecule has 1 aromatic rings. The number of ether oxygens (including phenoxy) is 2. The van der Waals surface area contributed by atoms with E-state index < -0.39 is 0 Å². The molecule has 0 fully saturated rings. The summed E-state index contributed by atoms with van der Waals surface area (Å²) in [5, 5.41) is 0. The van der Waals surface area contributed by atoms with Crippen molar-refractivity contribution in [1.29, 1.82) is 0 Å². The van der Waals surface area contributed by atoms with Gasteiger partial charge in [-0.05, 0) is 25.5 Å². The van der Waals surface area contributed by atoms with Crippen molar-refractivity contribution in [3.63, 3.8) is 0 Å². The Bertz CT molecular complexity index is 280. The molecule has 1 atom stereocenters. The third-order valence-electron chi connectivity index (χ3n) is 2.48. The van der Waals surface area contributed by atoms with E-state index in [1.165, 1.54) is 0 Å². The van der Waals surface area contributed by atoms with Gasteiger partial charge in [-0.25, -0.2) is 0 Å². The molecule has 17 heavy (non-hydrogen) atoms. The van der Waals surface area contributed by atoms with Gasteiger partial charge in [0.05, 0.1) is 12.7 Å². The van der Waals surface area contributed by atoms with E-state index in [4.69, 9.17) is 15.2 Å². The molecule has 0 bridgehead atoms. The fourth-order valence-electron chi connectivity index (χ4n) is 1.54. The fourth-order valence-corrected chi connectivity index (χ4v) is 1.54. The first-order chi connectivity index (χ1) is 8.36. The largest absolute Gasteiger partial charge is 0.381 e. The van der Waals surface area contributed by atoms with Crippen molar-refractivity contribution >= 4 is 0 Å². The van der Waals surface area contributed by atoms with Gasteiger partial charge in [-0.2, -0.15) is 0 Å². The normalized spacial score (nSPS) is 12.6. The zero-order chi connectivity index (χ0) is 12.3. The van der Waals surface area contributed by atoms with Gasteiger partial charge in [-0.1, -0.05) is 6.07 Å². The van der Waals surface area contributed by atoms with Crippen molar-refractivity contribution in [3.05, 3.63) is 30.1 Å². The molecule has 0 spiro atoms. The lowest BCUT2D eigenvalue weighted by molar-refractivity contribution is 0.0331. The van der Waals surface area contributed by atoms with Crippen LogP contribution in [0.15, 0.2) is 24.4 Å². The van der Waals surface area contributed by atoms with Crippen LogP contribution in [0.1, 0.15) is 19.0 Å². The van der Waals surface area contributed by atoms with Gasteiger partial charge < -0.3 is 15.2 Å².